The third-order valence-electron chi connectivity index (χ3n) is 4.27. The Morgan fingerprint density at radius 1 is 1.30 bits per heavy atom. The van der Waals surface area contributed by atoms with Crippen molar-refractivity contribution in [2.45, 2.75) is 12.5 Å². The molecule has 0 unspecified atom stereocenters. The Labute approximate surface area is 136 Å². The fourth-order valence-corrected chi connectivity index (χ4v) is 3.03. The first-order chi connectivity index (χ1) is 11.2. The summed E-state index contributed by atoms with van der Waals surface area (Å²) in [7, 11) is 0. The third kappa shape index (κ3) is 4.50. The van der Waals surface area contributed by atoms with Crippen LogP contribution in [-0.4, -0.2) is 41.2 Å². The highest BCUT2D eigenvalue weighted by Gasteiger charge is 2.24. The Balaban J connectivity index is 1.46. The molecule has 1 aromatic heterocycles. The van der Waals surface area contributed by atoms with Crippen LogP contribution < -0.4 is 5.32 Å². The predicted octanol–water partition coefficient (Wildman–Crippen LogP) is 2.69. The van der Waals surface area contributed by atoms with E-state index >= 15 is 0 Å². The van der Waals surface area contributed by atoms with Gasteiger partial charge < -0.3 is 15.3 Å². The molecular formula is C18H22FN3O. The molecule has 5 heteroatoms. The Kier molecular flexibility index (Phi) is 5.20. The van der Waals surface area contributed by atoms with E-state index in [0.717, 1.165) is 31.9 Å². The highest BCUT2D eigenvalue weighted by Crippen LogP contribution is 2.21. The van der Waals surface area contributed by atoms with Gasteiger partial charge in [0.05, 0.1) is 6.10 Å². The maximum atomic E-state index is 13.2. The summed E-state index contributed by atoms with van der Waals surface area (Å²) < 4.78 is 13.2. The summed E-state index contributed by atoms with van der Waals surface area (Å²) in [6.07, 6.45) is 2.22. The molecule has 2 atom stereocenters. The fourth-order valence-electron chi connectivity index (χ4n) is 3.03. The van der Waals surface area contributed by atoms with Crippen LogP contribution >= 0.6 is 0 Å². The van der Waals surface area contributed by atoms with Gasteiger partial charge in [-0.15, -0.1) is 0 Å². The van der Waals surface area contributed by atoms with Crippen LogP contribution in [0, 0.1) is 11.7 Å². The zero-order chi connectivity index (χ0) is 16.1. The average molecular weight is 315 g/mol. The lowest BCUT2D eigenvalue weighted by atomic mass is 10.1. The van der Waals surface area contributed by atoms with Gasteiger partial charge in [-0.3, -0.25) is 0 Å². The van der Waals surface area contributed by atoms with E-state index in [1.165, 1.54) is 12.1 Å². The van der Waals surface area contributed by atoms with Gasteiger partial charge in [0, 0.05) is 25.8 Å². The number of aromatic nitrogens is 1. The number of nitrogens with one attached hydrogen (secondary N) is 1. The molecule has 1 saturated heterocycles. The second-order valence-electron chi connectivity index (χ2n) is 6.08. The van der Waals surface area contributed by atoms with Crippen LogP contribution in [0.3, 0.4) is 0 Å². The number of benzene rings is 1. The van der Waals surface area contributed by atoms with Crippen molar-refractivity contribution in [3.8, 4) is 0 Å². The van der Waals surface area contributed by atoms with E-state index in [4.69, 9.17) is 0 Å². The summed E-state index contributed by atoms with van der Waals surface area (Å²) >= 11 is 0. The maximum Gasteiger partial charge on any atom is 0.125 e. The van der Waals surface area contributed by atoms with Crippen LogP contribution in [0.4, 0.5) is 10.2 Å². The molecule has 3 rings (SSSR count). The number of likely N-dealkylation sites (tertiary alicyclic amines) is 1. The van der Waals surface area contributed by atoms with Crippen LogP contribution in [0.1, 0.15) is 18.1 Å². The molecule has 2 heterocycles. The van der Waals surface area contributed by atoms with Gasteiger partial charge in [0.2, 0.25) is 0 Å². The first kappa shape index (κ1) is 15.9. The Bertz CT molecular complexity index is 623. The number of halogens is 1. The van der Waals surface area contributed by atoms with E-state index in [0.29, 0.717) is 18.0 Å². The normalized spacial score (nSPS) is 19.7. The zero-order valence-electron chi connectivity index (χ0n) is 13.0. The van der Waals surface area contributed by atoms with Crippen molar-refractivity contribution in [2.24, 2.45) is 5.92 Å². The summed E-state index contributed by atoms with van der Waals surface area (Å²) in [5.41, 5.74) is 0.639. The Morgan fingerprint density at radius 3 is 3.00 bits per heavy atom. The minimum absolute atomic E-state index is 0.305. The van der Waals surface area contributed by atoms with Gasteiger partial charge in [-0.25, -0.2) is 9.37 Å². The molecule has 2 aromatic rings. The van der Waals surface area contributed by atoms with Gasteiger partial charge in [-0.2, -0.15) is 0 Å². The first-order valence-corrected chi connectivity index (χ1v) is 8.01. The van der Waals surface area contributed by atoms with Crippen LogP contribution in [0.5, 0.6) is 0 Å². The number of anilines is 1. The number of aliphatic hydroxyl groups is 1. The molecule has 0 amide bonds. The number of hydrogen-bond donors (Lipinski definition) is 2. The Hall–Kier alpha value is -1.98. The monoisotopic (exact) mass is 315 g/mol. The standard InChI is InChI=1S/C18H22FN3O/c19-16-5-3-4-15(10-16)17(23)13-22-9-7-14(12-22)11-21-18-6-1-2-8-20-18/h1-6,8,10,14,17,23H,7,9,11-13H2,(H,20,21)/t14-,17-/m0/s1. The minimum atomic E-state index is -0.645. The van der Waals surface area contributed by atoms with Crippen LogP contribution in [0.15, 0.2) is 48.7 Å². The van der Waals surface area contributed by atoms with Gasteiger partial charge in [0.1, 0.15) is 11.6 Å². The lowest BCUT2D eigenvalue weighted by Gasteiger charge is -2.20. The summed E-state index contributed by atoms with van der Waals surface area (Å²) in [6, 6.07) is 12.0. The van der Waals surface area contributed by atoms with Gasteiger partial charge in [0.25, 0.3) is 0 Å². The molecule has 1 aromatic carbocycles. The fraction of sp³-hybridized carbons (Fsp3) is 0.389. The maximum absolute atomic E-state index is 13.2. The van der Waals surface area contributed by atoms with E-state index in [1.54, 1.807) is 18.3 Å². The highest BCUT2D eigenvalue weighted by molar-refractivity contribution is 5.33. The van der Waals surface area contributed by atoms with Crippen molar-refractivity contribution >= 4 is 5.82 Å². The second-order valence-corrected chi connectivity index (χ2v) is 6.08. The number of hydrogen-bond acceptors (Lipinski definition) is 4. The highest BCUT2D eigenvalue weighted by atomic mass is 19.1. The van der Waals surface area contributed by atoms with Crippen LogP contribution in [0.2, 0.25) is 0 Å². The van der Waals surface area contributed by atoms with Gasteiger partial charge in [-0.1, -0.05) is 18.2 Å². The molecule has 0 bridgehead atoms. The number of nitrogens with zero attached hydrogens (tertiary/aromatic N) is 2. The lowest BCUT2D eigenvalue weighted by molar-refractivity contribution is 0.124. The van der Waals surface area contributed by atoms with Crippen molar-refractivity contribution in [2.75, 3.05) is 31.5 Å². The SMILES string of the molecule is O[C@@H](CN1CC[C@@H](CNc2ccccn2)C1)c1cccc(F)c1. The quantitative estimate of drug-likeness (QED) is 0.860. The molecule has 2 N–H and O–H groups in total. The number of pyridine rings is 1. The molecule has 23 heavy (non-hydrogen) atoms. The average Bonchev–Trinajstić information content (AvgIpc) is 3.01. The van der Waals surface area contributed by atoms with Crippen molar-refractivity contribution in [3.05, 3.63) is 60.0 Å². The molecule has 0 radical (unpaired) electrons. The number of β-amino-alcohol motifs (C(OH)–C–C–N with tert-alkyl or cyclic N) is 1. The van der Waals surface area contributed by atoms with Crippen LogP contribution in [0.25, 0.3) is 0 Å². The largest absolute Gasteiger partial charge is 0.387 e. The Morgan fingerprint density at radius 2 is 2.22 bits per heavy atom. The molecule has 0 aliphatic carbocycles. The van der Waals surface area contributed by atoms with E-state index < -0.39 is 6.10 Å². The minimum Gasteiger partial charge on any atom is -0.387 e. The molecule has 1 aliphatic rings. The summed E-state index contributed by atoms with van der Waals surface area (Å²) in [5, 5.41) is 13.6. The number of rotatable bonds is 6. The smallest absolute Gasteiger partial charge is 0.125 e. The molecular weight excluding hydrogens is 293 g/mol. The molecule has 4 nitrogen and oxygen atoms in total. The van der Waals surface area contributed by atoms with Crippen molar-refractivity contribution < 1.29 is 9.50 Å². The van der Waals surface area contributed by atoms with Crippen molar-refractivity contribution in [3.63, 3.8) is 0 Å². The molecule has 1 aliphatic heterocycles. The van der Waals surface area contributed by atoms with Gasteiger partial charge >= 0.3 is 0 Å². The van der Waals surface area contributed by atoms with Crippen LogP contribution in [-0.2, 0) is 0 Å². The van der Waals surface area contributed by atoms with Crippen molar-refractivity contribution in [1.82, 2.24) is 9.88 Å². The second kappa shape index (κ2) is 7.53. The van der Waals surface area contributed by atoms with E-state index in [2.05, 4.69) is 15.2 Å². The molecule has 0 saturated carbocycles. The summed E-state index contributed by atoms with van der Waals surface area (Å²) in [4.78, 5) is 6.49. The summed E-state index contributed by atoms with van der Waals surface area (Å²) in [6.45, 7) is 3.32. The molecule has 0 spiro atoms. The van der Waals surface area contributed by atoms with Gasteiger partial charge in [0.15, 0.2) is 0 Å². The lowest BCUT2D eigenvalue weighted by Crippen LogP contribution is -2.27. The third-order valence-corrected chi connectivity index (χ3v) is 4.27. The molecule has 1 fully saturated rings. The molecule has 122 valence electrons. The summed E-state index contributed by atoms with van der Waals surface area (Å²) in [5.74, 6) is 1.13. The van der Waals surface area contributed by atoms with E-state index in [-0.39, 0.29) is 5.82 Å². The number of aliphatic hydroxyl groups excluding tert-OH is 1. The van der Waals surface area contributed by atoms with E-state index in [9.17, 15) is 9.50 Å². The van der Waals surface area contributed by atoms with Gasteiger partial charge in [-0.05, 0) is 48.7 Å². The zero-order valence-corrected chi connectivity index (χ0v) is 13.0. The predicted molar refractivity (Wildman–Crippen MR) is 88.6 cm³/mol. The topological polar surface area (TPSA) is 48.4 Å². The first-order valence-electron chi connectivity index (χ1n) is 8.01. The van der Waals surface area contributed by atoms with Crippen molar-refractivity contribution in [1.29, 1.82) is 0 Å². The van der Waals surface area contributed by atoms with E-state index in [1.807, 2.05) is 18.2 Å².